The summed E-state index contributed by atoms with van der Waals surface area (Å²) >= 11 is 0. The number of ether oxygens (including phenoxy) is 1. The van der Waals surface area contributed by atoms with Gasteiger partial charge in [-0.05, 0) is 47.2 Å². The second-order valence-electron chi connectivity index (χ2n) is 9.99. The molecule has 7 nitrogen and oxygen atoms in total. The standard InChI is InChI=1S/C29H33NO6Si/c1-29(2,3)26(16-10-11-21-35-27(31)22-17-19-23(20-18-22)30(33)34)28(32)36-37(24-12-6-4-7-13-24)25-14-8-5-9-15-25/h4-9,12-15,17-20,26,37H,10-11,16,21H2,1-3H3/t26-/m1/s1. The smallest absolute Gasteiger partial charge is 0.338 e. The van der Waals surface area contributed by atoms with Gasteiger partial charge in [0.15, 0.2) is 0 Å². The Morgan fingerprint density at radius 3 is 1.89 bits per heavy atom. The van der Waals surface area contributed by atoms with Gasteiger partial charge in [0.1, 0.15) is 0 Å². The van der Waals surface area contributed by atoms with E-state index in [2.05, 4.69) is 0 Å². The van der Waals surface area contributed by atoms with Gasteiger partial charge in [-0.1, -0.05) is 81.4 Å². The fourth-order valence-corrected chi connectivity index (χ4v) is 6.30. The van der Waals surface area contributed by atoms with Crippen LogP contribution in [0.3, 0.4) is 0 Å². The van der Waals surface area contributed by atoms with E-state index < -0.39 is 19.9 Å². The number of rotatable bonds is 11. The number of unbranched alkanes of at least 4 members (excludes halogenated alkanes) is 1. The molecule has 0 aliphatic carbocycles. The molecule has 0 radical (unpaired) electrons. The minimum absolute atomic E-state index is 0.0820. The van der Waals surface area contributed by atoms with Gasteiger partial charge in [0.05, 0.1) is 23.0 Å². The maximum absolute atomic E-state index is 13.5. The Morgan fingerprint density at radius 1 is 0.865 bits per heavy atom. The van der Waals surface area contributed by atoms with Gasteiger partial charge in [0.2, 0.25) is 0 Å². The van der Waals surface area contributed by atoms with Gasteiger partial charge in [-0.25, -0.2) is 4.79 Å². The molecule has 8 heteroatoms. The summed E-state index contributed by atoms with van der Waals surface area (Å²) in [6.07, 6.45) is 1.90. The molecule has 0 aromatic heterocycles. The van der Waals surface area contributed by atoms with Crippen LogP contribution in [0.2, 0.25) is 0 Å². The van der Waals surface area contributed by atoms with Gasteiger partial charge in [-0.2, -0.15) is 0 Å². The summed E-state index contributed by atoms with van der Waals surface area (Å²) in [6, 6.07) is 25.1. The van der Waals surface area contributed by atoms with Crippen molar-refractivity contribution in [2.75, 3.05) is 6.61 Å². The van der Waals surface area contributed by atoms with Gasteiger partial charge in [0.25, 0.3) is 11.7 Å². The van der Waals surface area contributed by atoms with Crippen molar-refractivity contribution < 1.29 is 23.7 Å². The maximum Gasteiger partial charge on any atom is 0.338 e. The number of non-ortho nitro benzene ring substituents is 1. The number of hydrogen-bond acceptors (Lipinski definition) is 6. The van der Waals surface area contributed by atoms with Crippen LogP contribution in [0.5, 0.6) is 0 Å². The van der Waals surface area contributed by atoms with Gasteiger partial charge < -0.3 is 9.16 Å². The van der Waals surface area contributed by atoms with Crippen LogP contribution in [0.1, 0.15) is 50.4 Å². The molecule has 3 aromatic carbocycles. The first kappa shape index (κ1) is 27.8. The Balaban J connectivity index is 1.57. The number of benzene rings is 3. The Labute approximate surface area is 219 Å². The predicted molar refractivity (Wildman–Crippen MR) is 146 cm³/mol. The van der Waals surface area contributed by atoms with E-state index in [0.29, 0.717) is 19.3 Å². The summed E-state index contributed by atoms with van der Waals surface area (Å²) in [5.41, 5.74) is -0.111. The Bertz CT molecular complexity index is 1140. The van der Waals surface area contributed by atoms with Crippen LogP contribution in [-0.2, 0) is 14.0 Å². The van der Waals surface area contributed by atoms with Gasteiger partial charge >= 0.3 is 15.0 Å². The second-order valence-corrected chi connectivity index (χ2v) is 12.3. The summed E-state index contributed by atoms with van der Waals surface area (Å²) in [7, 11) is -2.20. The zero-order valence-electron chi connectivity index (χ0n) is 21.5. The molecule has 0 N–H and O–H groups in total. The third-order valence-electron chi connectivity index (χ3n) is 6.20. The summed E-state index contributed by atoms with van der Waals surface area (Å²) in [5, 5.41) is 12.9. The Morgan fingerprint density at radius 2 is 1.41 bits per heavy atom. The summed E-state index contributed by atoms with van der Waals surface area (Å²) in [6.45, 7) is 6.31. The molecule has 194 valence electrons. The number of nitrogens with zero attached hydrogens (tertiary/aromatic N) is 1. The first-order valence-corrected chi connectivity index (χ1v) is 14.0. The average molecular weight is 520 g/mol. The van der Waals surface area contributed by atoms with Crippen molar-refractivity contribution in [1.29, 1.82) is 0 Å². The third kappa shape index (κ3) is 8.11. The first-order chi connectivity index (χ1) is 17.7. The van der Waals surface area contributed by atoms with E-state index in [0.717, 1.165) is 10.4 Å². The van der Waals surface area contributed by atoms with Crippen LogP contribution in [0.25, 0.3) is 0 Å². The molecule has 0 saturated heterocycles. The van der Waals surface area contributed by atoms with Crippen LogP contribution in [0.15, 0.2) is 84.9 Å². The number of esters is 1. The van der Waals surface area contributed by atoms with Crippen molar-refractivity contribution in [3.63, 3.8) is 0 Å². The first-order valence-electron chi connectivity index (χ1n) is 12.4. The Kier molecular flexibility index (Phi) is 9.74. The zero-order chi connectivity index (χ0) is 26.8. The highest BCUT2D eigenvalue weighted by molar-refractivity contribution is 6.81. The van der Waals surface area contributed by atoms with Crippen LogP contribution in [0, 0.1) is 21.4 Å². The molecule has 3 aromatic rings. The van der Waals surface area contributed by atoms with Crippen molar-refractivity contribution in [2.45, 2.75) is 40.0 Å². The van der Waals surface area contributed by atoms with E-state index in [1.807, 2.05) is 81.4 Å². The van der Waals surface area contributed by atoms with Crippen molar-refractivity contribution in [1.82, 2.24) is 0 Å². The normalized spacial score (nSPS) is 12.1. The minimum atomic E-state index is -2.20. The van der Waals surface area contributed by atoms with Crippen LogP contribution in [0.4, 0.5) is 5.69 Å². The summed E-state index contributed by atoms with van der Waals surface area (Å²) in [5.74, 6) is -1.03. The van der Waals surface area contributed by atoms with E-state index in [-0.39, 0.29) is 35.2 Å². The molecule has 0 fully saturated rings. The van der Waals surface area contributed by atoms with Crippen LogP contribution in [-0.4, -0.2) is 32.5 Å². The lowest BCUT2D eigenvalue weighted by molar-refractivity contribution is -0.384. The van der Waals surface area contributed by atoms with Crippen molar-refractivity contribution in [3.05, 3.63) is 101 Å². The minimum Gasteiger partial charge on any atom is -0.513 e. The molecule has 0 amide bonds. The molecule has 0 aliphatic heterocycles. The SMILES string of the molecule is CC(C)(C)[C@H](CCCCOC(=O)c1ccc([N+](=O)[O-])cc1)C(=O)O[SiH](c1ccccc1)c1ccccc1. The van der Waals surface area contributed by atoms with E-state index in [4.69, 9.17) is 9.16 Å². The summed E-state index contributed by atoms with van der Waals surface area (Å²) < 4.78 is 11.6. The number of nitro groups is 1. The van der Waals surface area contributed by atoms with E-state index >= 15 is 0 Å². The topological polar surface area (TPSA) is 95.7 Å². The number of carbonyl (C=O) groups excluding carboxylic acids is 2. The monoisotopic (exact) mass is 519 g/mol. The van der Waals surface area contributed by atoms with E-state index in [9.17, 15) is 19.7 Å². The molecule has 0 spiro atoms. The van der Waals surface area contributed by atoms with Crippen molar-refractivity contribution in [2.24, 2.45) is 11.3 Å². The predicted octanol–water partition coefficient (Wildman–Crippen LogP) is 4.67. The highest BCUT2D eigenvalue weighted by Gasteiger charge is 2.34. The largest absolute Gasteiger partial charge is 0.513 e. The summed E-state index contributed by atoms with van der Waals surface area (Å²) in [4.78, 5) is 35.9. The number of hydrogen-bond donors (Lipinski definition) is 0. The highest BCUT2D eigenvalue weighted by Crippen LogP contribution is 2.31. The third-order valence-corrected chi connectivity index (χ3v) is 8.65. The fourth-order valence-electron chi connectivity index (χ4n) is 4.10. The highest BCUT2D eigenvalue weighted by atomic mass is 28.3. The fraction of sp³-hybridized carbons (Fsp3) is 0.310. The molecular formula is C29H33NO6Si. The molecule has 3 rings (SSSR count). The number of nitro benzene ring substituents is 1. The van der Waals surface area contributed by atoms with Gasteiger partial charge in [-0.15, -0.1) is 0 Å². The number of carbonyl (C=O) groups is 2. The maximum atomic E-state index is 13.5. The molecule has 0 saturated carbocycles. The molecule has 37 heavy (non-hydrogen) atoms. The lowest BCUT2D eigenvalue weighted by Crippen LogP contribution is -2.48. The van der Waals surface area contributed by atoms with Crippen molar-refractivity contribution in [3.8, 4) is 0 Å². The van der Waals surface area contributed by atoms with E-state index in [1.165, 1.54) is 24.3 Å². The lowest BCUT2D eigenvalue weighted by Gasteiger charge is -2.31. The molecule has 0 unspecified atom stereocenters. The van der Waals surface area contributed by atoms with E-state index in [1.54, 1.807) is 0 Å². The molecule has 1 atom stereocenters. The second kappa shape index (κ2) is 13.0. The van der Waals surface area contributed by atoms with Gasteiger partial charge in [-0.3, -0.25) is 14.9 Å². The lowest BCUT2D eigenvalue weighted by atomic mass is 9.78. The molecule has 0 aliphatic rings. The molecular weight excluding hydrogens is 486 g/mol. The van der Waals surface area contributed by atoms with Crippen LogP contribution >= 0.6 is 0 Å². The average Bonchev–Trinajstić information content (AvgIpc) is 2.89. The van der Waals surface area contributed by atoms with Gasteiger partial charge in [0, 0.05) is 12.1 Å². The Hall–Kier alpha value is -3.78. The molecule has 0 bridgehead atoms. The van der Waals surface area contributed by atoms with Crippen LogP contribution < -0.4 is 10.4 Å². The van der Waals surface area contributed by atoms with Crippen molar-refractivity contribution >= 4 is 37.0 Å². The zero-order valence-corrected chi connectivity index (χ0v) is 22.6. The quantitative estimate of drug-likeness (QED) is 0.120. The molecule has 0 heterocycles.